The fourth-order valence-corrected chi connectivity index (χ4v) is 6.05. The van der Waals surface area contributed by atoms with Gasteiger partial charge in [0.1, 0.15) is 0 Å². The van der Waals surface area contributed by atoms with Crippen LogP contribution in [-0.4, -0.2) is 11.8 Å². The van der Waals surface area contributed by atoms with Crippen molar-refractivity contribution in [3.63, 3.8) is 0 Å². The molecule has 264 valence electrons. The number of carbonyl (C=O) groups excluding carboxylic acids is 2. The maximum absolute atomic E-state index is 10.6. The lowest BCUT2D eigenvalue weighted by Gasteiger charge is -2.03. The van der Waals surface area contributed by atoms with Gasteiger partial charge in [0.15, 0.2) is 0 Å². The smallest absolute Gasteiger partial charge is 0.217 e. The molecule has 4 N–H and O–H groups in total. The van der Waals surface area contributed by atoms with Gasteiger partial charge in [-0.25, -0.2) is 0 Å². The molecule has 0 unspecified atom stereocenters. The fraction of sp³-hybridized carbons (Fsp3) is 0.950. The molecule has 2 amide bonds. The Hall–Kier alpha value is -1.06. The maximum Gasteiger partial charge on any atom is 0.217 e. The number of unbranched alkanes of at least 4 members (excludes halogenated alkanes) is 32. The third-order valence-corrected chi connectivity index (χ3v) is 9.05. The number of primary amides is 2. The van der Waals surface area contributed by atoms with Gasteiger partial charge in [-0.1, -0.05) is 219 Å². The molecular formula is C40H82N2O2. The van der Waals surface area contributed by atoms with Crippen LogP contribution in [-0.2, 0) is 9.59 Å². The molecule has 0 aromatic rings. The second kappa shape index (κ2) is 41.9. The Kier molecular flexibility index (Phi) is 43.0. The third kappa shape index (κ3) is 47.9. The molecule has 0 fully saturated rings. The molecule has 0 aliphatic rings. The molecule has 0 bridgehead atoms. The highest BCUT2D eigenvalue weighted by Crippen LogP contribution is 2.15. The number of amides is 2. The SMILES string of the molecule is CCCCCCCCCCCCCCCCCC(N)=O.CCCCCCCCCCCCCCCCCCCCCC(N)=O. The highest BCUT2D eigenvalue weighted by atomic mass is 16.1. The first-order valence-electron chi connectivity index (χ1n) is 20.1. The van der Waals surface area contributed by atoms with E-state index in [1.165, 1.54) is 205 Å². The van der Waals surface area contributed by atoms with Gasteiger partial charge in [0.05, 0.1) is 0 Å². The van der Waals surface area contributed by atoms with E-state index < -0.39 is 0 Å². The van der Waals surface area contributed by atoms with Gasteiger partial charge in [-0.15, -0.1) is 0 Å². The zero-order chi connectivity index (χ0) is 32.6. The first-order chi connectivity index (χ1) is 21.5. The molecule has 0 rings (SSSR count). The van der Waals surface area contributed by atoms with Crippen LogP contribution in [0.1, 0.15) is 245 Å². The quantitative estimate of drug-likeness (QED) is 0.0681. The molecule has 44 heavy (non-hydrogen) atoms. The molecule has 4 heteroatoms. The Morgan fingerprint density at radius 2 is 0.409 bits per heavy atom. The van der Waals surface area contributed by atoms with Crippen molar-refractivity contribution in [1.82, 2.24) is 0 Å². The maximum atomic E-state index is 10.6. The minimum Gasteiger partial charge on any atom is -0.370 e. The highest BCUT2D eigenvalue weighted by molar-refractivity contribution is 5.73. The normalized spacial score (nSPS) is 11.0. The minimum atomic E-state index is -0.153. The highest BCUT2D eigenvalue weighted by Gasteiger charge is 1.98. The lowest BCUT2D eigenvalue weighted by Crippen LogP contribution is -2.09. The van der Waals surface area contributed by atoms with Crippen LogP contribution in [0.5, 0.6) is 0 Å². The van der Waals surface area contributed by atoms with Gasteiger partial charge >= 0.3 is 0 Å². The topological polar surface area (TPSA) is 86.2 Å². The Bertz CT molecular complexity index is 551. The van der Waals surface area contributed by atoms with E-state index in [-0.39, 0.29) is 11.8 Å². The second-order valence-corrected chi connectivity index (χ2v) is 13.7. The summed E-state index contributed by atoms with van der Waals surface area (Å²) in [6, 6.07) is 0. The summed E-state index contributed by atoms with van der Waals surface area (Å²) in [5.74, 6) is -0.304. The average molecular weight is 623 g/mol. The van der Waals surface area contributed by atoms with Crippen molar-refractivity contribution < 1.29 is 9.59 Å². The van der Waals surface area contributed by atoms with Crippen LogP contribution in [0.15, 0.2) is 0 Å². The van der Waals surface area contributed by atoms with Crippen molar-refractivity contribution in [1.29, 1.82) is 0 Å². The van der Waals surface area contributed by atoms with Crippen molar-refractivity contribution in [3.8, 4) is 0 Å². The Morgan fingerprint density at radius 3 is 0.545 bits per heavy atom. The molecule has 0 saturated carbocycles. The van der Waals surface area contributed by atoms with Gasteiger partial charge < -0.3 is 11.5 Å². The Morgan fingerprint density at radius 1 is 0.273 bits per heavy atom. The average Bonchev–Trinajstić information content (AvgIpc) is 3.00. The standard InChI is InChI=1S/C22H45NO.C18H37NO/c1-2-3-4-5-6-7-8-9-10-11-12-13-14-15-16-17-18-19-20-21-22(23)24;1-2-3-4-5-6-7-8-9-10-11-12-13-14-15-16-17-18(19)20/h2-21H2,1H3,(H2,23,24);2-17H2,1H3,(H2,19,20). The molecule has 0 spiro atoms. The summed E-state index contributed by atoms with van der Waals surface area (Å²) in [7, 11) is 0. The zero-order valence-corrected chi connectivity index (χ0v) is 30.4. The number of nitrogens with two attached hydrogens (primary N) is 2. The first kappa shape index (κ1) is 45.1. The molecule has 0 aliphatic heterocycles. The van der Waals surface area contributed by atoms with Crippen LogP contribution in [0.25, 0.3) is 0 Å². The number of hydrogen-bond acceptors (Lipinski definition) is 2. The van der Waals surface area contributed by atoms with Crippen LogP contribution >= 0.6 is 0 Å². The molecular weight excluding hydrogens is 540 g/mol. The summed E-state index contributed by atoms with van der Waals surface area (Å²) >= 11 is 0. The number of carbonyl (C=O) groups is 2. The minimum absolute atomic E-state index is 0.151. The van der Waals surface area contributed by atoms with Gasteiger partial charge in [0, 0.05) is 12.8 Å². The first-order valence-corrected chi connectivity index (χ1v) is 20.1. The second-order valence-electron chi connectivity index (χ2n) is 13.7. The van der Waals surface area contributed by atoms with E-state index >= 15 is 0 Å². The van der Waals surface area contributed by atoms with Crippen molar-refractivity contribution >= 4 is 11.8 Å². The fourth-order valence-electron chi connectivity index (χ4n) is 6.05. The lowest BCUT2D eigenvalue weighted by atomic mass is 10.0. The van der Waals surface area contributed by atoms with Crippen LogP contribution in [0.4, 0.5) is 0 Å². The summed E-state index contributed by atoms with van der Waals surface area (Å²) < 4.78 is 0. The van der Waals surface area contributed by atoms with Crippen LogP contribution in [0.3, 0.4) is 0 Å². The van der Waals surface area contributed by atoms with Crippen molar-refractivity contribution in [2.75, 3.05) is 0 Å². The molecule has 0 aromatic carbocycles. The molecule has 0 saturated heterocycles. The van der Waals surface area contributed by atoms with E-state index in [0.717, 1.165) is 12.8 Å². The monoisotopic (exact) mass is 623 g/mol. The predicted octanol–water partition coefficient (Wildman–Crippen LogP) is 13.0. The molecule has 0 aromatic heterocycles. The van der Waals surface area contributed by atoms with Crippen molar-refractivity contribution in [2.24, 2.45) is 11.5 Å². The van der Waals surface area contributed by atoms with Gasteiger partial charge in [0.25, 0.3) is 0 Å². The largest absolute Gasteiger partial charge is 0.370 e. The third-order valence-electron chi connectivity index (χ3n) is 9.05. The summed E-state index contributed by atoms with van der Waals surface area (Å²) in [4.78, 5) is 21.2. The molecule has 0 atom stereocenters. The van der Waals surface area contributed by atoms with Crippen LogP contribution in [0, 0.1) is 0 Å². The van der Waals surface area contributed by atoms with Gasteiger partial charge in [-0.3, -0.25) is 9.59 Å². The van der Waals surface area contributed by atoms with E-state index in [0.29, 0.717) is 12.8 Å². The summed E-state index contributed by atoms with van der Waals surface area (Å²) in [5.41, 5.74) is 10.2. The van der Waals surface area contributed by atoms with E-state index in [1.807, 2.05) is 0 Å². The predicted molar refractivity (Wildman–Crippen MR) is 196 cm³/mol. The summed E-state index contributed by atoms with van der Waals surface area (Å²) in [5, 5.41) is 0. The van der Waals surface area contributed by atoms with Crippen molar-refractivity contribution in [3.05, 3.63) is 0 Å². The zero-order valence-electron chi connectivity index (χ0n) is 30.4. The van der Waals surface area contributed by atoms with Crippen LogP contribution in [0.2, 0.25) is 0 Å². The van der Waals surface area contributed by atoms with Gasteiger partial charge in [0.2, 0.25) is 11.8 Å². The molecule has 0 aliphatic carbocycles. The summed E-state index contributed by atoms with van der Waals surface area (Å²) in [6.45, 7) is 4.56. The number of rotatable bonds is 36. The van der Waals surface area contributed by atoms with Gasteiger partial charge in [-0.05, 0) is 12.8 Å². The number of hydrogen-bond donors (Lipinski definition) is 2. The lowest BCUT2D eigenvalue weighted by molar-refractivity contribution is -0.119. The van der Waals surface area contributed by atoms with Crippen molar-refractivity contribution in [2.45, 2.75) is 245 Å². The van der Waals surface area contributed by atoms with E-state index in [9.17, 15) is 9.59 Å². The van der Waals surface area contributed by atoms with Crippen LogP contribution < -0.4 is 11.5 Å². The molecule has 0 heterocycles. The van der Waals surface area contributed by atoms with E-state index in [4.69, 9.17) is 11.5 Å². The summed E-state index contributed by atoms with van der Waals surface area (Å²) in [6.07, 6.45) is 47.7. The molecule has 4 nitrogen and oxygen atoms in total. The Labute approximate surface area is 277 Å². The van der Waals surface area contributed by atoms with Gasteiger partial charge in [-0.2, -0.15) is 0 Å². The van der Waals surface area contributed by atoms with E-state index in [1.54, 1.807) is 0 Å². The van der Waals surface area contributed by atoms with E-state index in [2.05, 4.69) is 13.8 Å². The Balaban J connectivity index is 0. The molecule has 0 radical (unpaired) electrons.